The van der Waals surface area contributed by atoms with Gasteiger partial charge in [-0.25, -0.2) is 9.37 Å². The molecule has 0 unspecified atom stereocenters. The van der Waals surface area contributed by atoms with Crippen molar-refractivity contribution in [3.05, 3.63) is 66.9 Å². The van der Waals surface area contributed by atoms with Crippen LogP contribution in [0.15, 0.2) is 61.1 Å². The Labute approximate surface area is 181 Å². The maximum absolute atomic E-state index is 13.5. The van der Waals surface area contributed by atoms with Gasteiger partial charge in [-0.05, 0) is 62.4 Å². The Bertz CT molecular complexity index is 1210. The second-order valence-electron chi connectivity index (χ2n) is 8.15. The number of rotatable bonds is 4. The molecule has 158 valence electrons. The van der Waals surface area contributed by atoms with E-state index in [0.717, 1.165) is 59.7 Å². The lowest BCUT2D eigenvalue weighted by Gasteiger charge is -2.29. The lowest BCUT2D eigenvalue weighted by atomic mass is 10.0. The van der Waals surface area contributed by atoms with E-state index in [9.17, 15) is 4.39 Å². The first-order valence-electron chi connectivity index (χ1n) is 10.7. The van der Waals surface area contributed by atoms with E-state index >= 15 is 0 Å². The van der Waals surface area contributed by atoms with Crippen molar-refractivity contribution >= 4 is 16.6 Å². The minimum atomic E-state index is -0.253. The van der Waals surface area contributed by atoms with Crippen LogP contribution in [0.1, 0.15) is 19.9 Å². The predicted molar refractivity (Wildman–Crippen MR) is 122 cm³/mol. The number of imidazole rings is 1. The van der Waals surface area contributed by atoms with Crippen molar-refractivity contribution in [1.29, 1.82) is 0 Å². The lowest BCUT2D eigenvalue weighted by molar-refractivity contribution is 0.122. The number of morpholine rings is 1. The largest absolute Gasteiger partial charge is 0.378 e. The van der Waals surface area contributed by atoms with Crippen LogP contribution in [0.4, 0.5) is 10.1 Å². The number of anilines is 1. The molecule has 2 aromatic heterocycles. The monoisotopic (exact) mass is 416 g/mol. The summed E-state index contributed by atoms with van der Waals surface area (Å²) in [5.41, 5.74) is 5.85. The van der Waals surface area contributed by atoms with Crippen LogP contribution in [0.3, 0.4) is 0 Å². The highest BCUT2D eigenvalue weighted by molar-refractivity contribution is 5.88. The van der Waals surface area contributed by atoms with Crippen molar-refractivity contribution < 1.29 is 9.13 Å². The minimum absolute atomic E-state index is 0.229. The van der Waals surface area contributed by atoms with Gasteiger partial charge < -0.3 is 14.2 Å². The standard InChI is InChI=1S/C25H25FN4O/c1-17(2)30-16-28-24(18-3-5-21(26)6-4-18)25(30)20-13-19-14-22(7-8-23(19)27-15-20)29-9-11-31-12-10-29/h3-8,13-17H,9-12H2,1-2H3. The summed E-state index contributed by atoms with van der Waals surface area (Å²) in [6, 6.07) is 15.3. The predicted octanol–water partition coefficient (Wildman–Crippen LogP) is 5.32. The molecule has 0 saturated carbocycles. The Balaban J connectivity index is 1.62. The van der Waals surface area contributed by atoms with Gasteiger partial charge in [-0.2, -0.15) is 0 Å². The van der Waals surface area contributed by atoms with Crippen molar-refractivity contribution in [3.8, 4) is 22.5 Å². The van der Waals surface area contributed by atoms with Gasteiger partial charge in [0.15, 0.2) is 0 Å². The molecule has 0 aliphatic carbocycles. The smallest absolute Gasteiger partial charge is 0.123 e. The molecule has 0 spiro atoms. The molecular weight excluding hydrogens is 391 g/mol. The van der Waals surface area contributed by atoms with Crippen LogP contribution in [-0.2, 0) is 4.74 Å². The normalized spacial score (nSPS) is 14.5. The van der Waals surface area contributed by atoms with Crippen LogP contribution in [0, 0.1) is 5.82 Å². The number of hydrogen-bond acceptors (Lipinski definition) is 4. The van der Waals surface area contributed by atoms with Gasteiger partial charge in [0, 0.05) is 47.5 Å². The first-order chi connectivity index (χ1) is 15.1. The van der Waals surface area contributed by atoms with Gasteiger partial charge in [0.2, 0.25) is 0 Å². The lowest BCUT2D eigenvalue weighted by Crippen LogP contribution is -2.36. The number of pyridine rings is 1. The molecule has 1 saturated heterocycles. The minimum Gasteiger partial charge on any atom is -0.378 e. The summed E-state index contributed by atoms with van der Waals surface area (Å²) in [4.78, 5) is 11.7. The number of nitrogens with zero attached hydrogens (tertiary/aromatic N) is 4. The molecule has 0 bridgehead atoms. The Morgan fingerprint density at radius 2 is 1.71 bits per heavy atom. The summed E-state index contributed by atoms with van der Waals surface area (Å²) in [7, 11) is 0. The highest BCUT2D eigenvalue weighted by atomic mass is 19.1. The van der Waals surface area contributed by atoms with Crippen LogP contribution in [0.25, 0.3) is 33.4 Å². The van der Waals surface area contributed by atoms with E-state index in [1.807, 2.05) is 12.5 Å². The molecule has 0 atom stereocenters. The number of halogens is 1. The highest BCUT2D eigenvalue weighted by Gasteiger charge is 2.18. The highest BCUT2D eigenvalue weighted by Crippen LogP contribution is 2.34. The maximum Gasteiger partial charge on any atom is 0.123 e. The molecule has 4 aromatic rings. The molecule has 1 aliphatic rings. The van der Waals surface area contributed by atoms with Crippen molar-refractivity contribution in [2.75, 3.05) is 31.2 Å². The third kappa shape index (κ3) is 3.79. The fraction of sp³-hybridized carbons (Fsp3) is 0.280. The van der Waals surface area contributed by atoms with Gasteiger partial charge in [-0.15, -0.1) is 0 Å². The average Bonchev–Trinajstić information content (AvgIpc) is 3.25. The second-order valence-corrected chi connectivity index (χ2v) is 8.15. The fourth-order valence-electron chi connectivity index (χ4n) is 4.12. The van der Waals surface area contributed by atoms with Crippen molar-refractivity contribution in [1.82, 2.24) is 14.5 Å². The van der Waals surface area contributed by atoms with E-state index in [0.29, 0.717) is 0 Å². The van der Waals surface area contributed by atoms with Crippen molar-refractivity contribution in [2.45, 2.75) is 19.9 Å². The van der Waals surface area contributed by atoms with Gasteiger partial charge in [-0.1, -0.05) is 0 Å². The molecule has 0 radical (unpaired) electrons. The maximum atomic E-state index is 13.5. The quantitative estimate of drug-likeness (QED) is 0.451. The van der Waals surface area contributed by atoms with Gasteiger partial charge in [-0.3, -0.25) is 4.98 Å². The third-order valence-electron chi connectivity index (χ3n) is 5.78. The van der Waals surface area contributed by atoms with E-state index in [-0.39, 0.29) is 11.9 Å². The zero-order valence-electron chi connectivity index (χ0n) is 17.8. The molecular formula is C25H25FN4O. The van der Waals surface area contributed by atoms with Crippen LogP contribution < -0.4 is 4.90 Å². The second kappa shape index (κ2) is 8.12. The molecule has 5 rings (SSSR count). The molecule has 6 heteroatoms. The van der Waals surface area contributed by atoms with Crippen molar-refractivity contribution in [3.63, 3.8) is 0 Å². The number of aromatic nitrogens is 3. The first-order valence-corrected chi connectivity index (χ1v) is 10.7. The van der Waals surface area contributed by atoms with Crippen LogP contribution >= 0.6 is 0 Å². The summed E-state index contributed by atoms with van der Waals surface area (Å²) in [6.07, 6.45) is 3.76. The van der Waals surface area contributed by atoms with Gasteiger partial charge >= 0.3 is 0 Å². The van der Waals surface area contributed by atoms with Gasteiger partial charge in [0.05, 0.1) is 36.4 Å². The van der Waals surface area contributed by atoms with Crippen LogP contribution in [-0.4, -0.2) is 40.8 Å². The average molecular weight is 417 g/mol. The Morgan fingerprint density at radius 3 is 2.45 bits per heavy atom. The van der Waals surface area contributed by atoms with Gasteiger partial charge in [0.1, 0.15) is 5.82 Å². The van der Waals surface area contributed by atoms with Crippen LogP contribution in [0.5, 0.6) is 0 Å². The van der Waals surface area contributed by atoms with E-state index < -0.39 is 0 Å². The summed E-state index contributed by atoms with van der Waals surface area (Å²) >= 11 is 0. The summed E-state index contributed by atoms with van der Waals surface area (Å²) in [6.45, 7) is 7.56. The SMILES string of the molecule is CC(C)n1cnc(-c2ccc(F)cc2)c1-c1cnc2ccc(N3CCOCC3)cc2c1. The number of fused-ring (bicyclic) bond motifs is 1. The molecule has 1 aliphatic heterocycles. The topological polar surface area (TPSA) is 43.2 Å². The molecule has 2 aromatic carbocycles. The summed E-state index contributed by atoms with van der Waals surface area (Å²) in [5.74, 6) is -0.253. The summed E-state index contributed by atoms with van der Waals surface area (Å²) in [5, 5.41) is 1.09. The zero-order chi connectivity index (χ0) is 21.4. The van der Waals surface area contributed by atoms with Gasteiger partial charge in [0.25, 0.3) is 0 Å². The summed E-state index contributed by atoms with van der Waals surface area (Å²) < 4.78 is 21.1. The molecule has 31 heavy (non-hydrogen) atoms. The molecule has 3 heterocycles. The van der Waals surface area contributed by atoms with E-state index in [1.54, 1.807) is 12.1 Å². The van der Waals surface area contributed by atoms with E-state index in [4.69, 9.17) is 9.72 Å². The zero-order valence-corrected chi connectivity index (χ0v) is 17.8. The third-order valence-corrected chi connectivity index (χ3v) is 5.78. The Morgan fingerprint density at radius 1 is 0.935 bits per heavy atom. The Hall–Kier alpha value is -3.25. The Kier molecular flexibility index (Phi) is 5.16. The number of benzene rings is 2. The van der Waals surface area contributed by atoms with Crippen LogP contribution in [0.2, 0.25) is 0 Å². The fourth-order valence-corrected chi connectivity index (χ4v) is 4.12. The van der Waals surface area contributed by atoms with E-state index in [2.05, 4.69) is 52.6 Å². The number of ether oxygens (including phenoxy) is 1. The first kappa shape index (κ1) is 19.7. The molecule has 0 N–H and O–H groups in total. The molecule has 5 nitrogen and oxygen atoms in total. The molecule has 0 amide bonds. The molecule has 1 fully saturated rings. The number of hydrogen-bond donors (Lipinski definition) is 0. The van der Waals surface area contributed by atoms with E-state index in [1.165, 1.54) is 17.8 Å². The van der Waals surface area contributed by atoms with Crippen molar-refractivity contribution in [2.24, 2.45) is 0 Å².